The largest absolute Gasteiger partial charge is 0.356 e. The van der Waals surface area contributed by atoms with Gasteiger partial charge in [-0.3, -0.25) is 0 Å². The maximum atomic E-state index is 5.63. The van der Waals surface area contributed by atoms with Gasteiger partial charge in [-0.2, -0.15) is 0 Å². The van der Waals surface area contributed by atoms with Gasteiger partial charge in [0.1, 0.15) is 0 Å². The molecule has 3 nitrogen and oxygen atoms in total. The minimum Gasteiger partial charge on any atom is -0.356 e. The molecule has 0 atom stereocenters. The van der Waals surface area contributed by atoms with Crippen molar-refractivity contribution in [1.82, 2.24) is 5.16 Å². The van der Waals surface area contributed by atoms with Crippen molar-refractivity contribution in [3.05, 3.63) is 41.1 Å². The second-order valence-corrected chi connectivity index (χ2v) is 6.00. The van der Waals surface area contributed by atoms with Gasteiger partial charge in [0.25, 0.3) is 0 Å². The first kappa shape index (κ1) is 13.8. The SMILES string of the molecule is Cc1ccc(C(C)(C)C)cc1-c1oncc1CCN. The molecular formula is C16H22N2O. The van der Waals surface area contributed by atoms with Crippen LogP contribution in [-0.2, 0) is 11.8 Å². The Hall–Kier alpha value is -1.61. The molecule has 102 valence electrons. The molecule has 0 saturated carbocycles. The number of aromatic nitrogens is 1. The van der Waals surface area contributed by atoms with Crippen molar-refractivity contribution in [3.8, 4) is 11.3 Å². The van der Waals surface area contributed by atoms with Crippen molar-refractivity contribution in [1.29, 1.82) is 0 Å². The van der Waals surface area contributed by atoms with Crippen molar-refractivity contribution in [2.45, 2.75) is 39.5 Å². The van der Waals surface area contributed by atoms with E-state index in [1.807, 2.05) is 0 Å². The van der Waals surface area contributed by atoms with Crippen LogP contribution in [0.5, 0.6) is 0 Å². The molecule has 0 unspecified atom stereocenters. The average Bonchev–Trinajstić information content (AvgIpc) is 2.77. The summed E-state index contributed by atoms with van der Waals surface area (Å²) in [6, 6.07) is 6.53. The predicted molar refractivity (Wildman–Crippen MR) is 78.1 cm³/mol. The van der Waals surface area contributed by atoms with Crippen LogP contribution in [0.25, 0.3) is 11.3 Å². The van der Waals surface area contributed by atoms with Gasteiger partial charge in [-0.25, -0.2) is 0 Å². The van der Waals surface area contributed by atoms with E-state index in [1.54, 1.807) is 6.20 Å². The Kier molecular flexibility index (Phi) is 3.76. The van der Waals surface area contributed by atoms with Gasteiger partial charge >= 0.3 is 0 Å². The van der Waals surface area contributed by atoms with Crippen molar-refractivity contribution in [3.63, 3.8) is 0 Å². The average molecular weight is 258 g/mol. The van der Waals surface area contributed by atoms with Gasteiger partial charge < -0.3 is 10.3 Å². The third-order valence-electron chi connectivity index (χ3n) is 3.41. The third kappa shape index (κ3) is 2.87. The fourth-order valence-electron chi connectivity index (χ4n) is 2.15. The molecule has 0 saturated heterocycles. The van der Waals surface area contributed by atoms with Crippen LogP contribution in [0.4, 0.5) is 0 Å². The number of benzene rings is 1. The second-order valence-electron chi connectivity index (χ2n) is 6.00. The Bertz CT molecular complexity index is 564. The van der Waals surface area contributed by atoms with E-state index >= 15 is 0 Å². The number of nitrogens with zero attached hydrogens (tertiary/aromatic N) is 1. The Morgan fingerprint density at radius 2 is 2.00 bits per heavy atom. The molecule has 0 bridgehead atoms. The van der Waals surface area contributed by atoms with Crippen molar-refractivity contribution in [2.24, 2.45) is 5.73 Å². The van der Waals surface area contributed by atoms with Crippen LogP contribution in [0, 0.1) is 6.92 Å². The second kappa shape index (κ2) is 5.17. The smallest absolute Gasteiger partial charge is 0.170 e. The van der Waals surface area contributed by atoms with Gasteiger partial charge in [0, 0.05) is 11.1 Å². The first-order valence-corrected chi connectivity index (χ1v) is 6.68. The monoisotopic (exact) mass is 258 g/mol. The normalized spacial score (nSPS) is 11.8. The Balaban J connectivity index is 2.52. The lowest BCUT2D eigenvalue weighted by atomic mass is 9.84. The Morgan fingerprint density at radius 3 is 2.63 bits per heavy atom. The highest BCUT2D eigenvalue weighted by atomic mass is 16.5. The van der Waals surface area contributed by atoms with Crippen LogP contribution in [0.15, 0.2) is 28.9 Å². The first-order chi connectivity index (χ1) is 8.93. The summed E-state index contributed by atoms with van der Waals surface area (Å²) in [5, 5.41) is 3.92. The van der Waals surface area contributed by atoms with Gasteiger partial charge in [0.2, 0.25) is 0 Å². The zero-order valence-electron chi connectivity index (χ0n) is 12.2. The molecule has 2 rings (SSSR count). The molecule has 0 radical (unpaired) electrons. The van der Waals surface area contributed by atoms with Crippen LogP contribution in [0.3, 0.4) is 0 Å². The minimum absolute atomic E-state index is 0.122. The van der Waals surface area contributed by atoms with E-state index in [2.05, 4.69) is 51.1 Å². The van der Waals surface area contributed by atoms with Crippen LogP contribution in [0.2, 0.25) is 0 Å². The molecular weight excluding hydrogens is 236 g/mol. The molecule has 19 heavy (non-hydrogen) atoms. The molecule has 0 aliphatic heterocycles. The van der Waals surface area contributed by atoms with E-state index in [-0.39, 0.29) is 5.41 Å². The molecule has 2 aromatic rings. The Morgan fingerprint density at radius 1 is 1.26 bits per heavy atom. The number of hydrogen-bond acceptors (Lipinski definition) is 3. The van der Waals surface area contributed by atoms with E-state index in [0.717, 1.165) is 23.3 Å². The maximum Gasteiger partial charge on any atom is 0.170 e. The molecule has 0 spiro atoms. The molecule has 1 aromatic heterocycles. The van der Waals surface area contributed by atoms with Crippen LogP contribution >= 0.6 is 0 Å². The standard InChI is InChI=1S/C16H22N2O/c1-11-5-6-13(16(2,3)4)9-14(11)15-12(7-8-17)10-18-19-15/h5-6,9-10H,7-8,17H2,1-4H3. The fourth-order valence-corrected chi connectivity index (χ4v) is 2.15. The van der Waals surface area contributed by atoms with Gasteiger partial charge in [-0.15, -0.1) is 0 Å². The minimum atomic E-state index is 0.122. The number of hydrogen-bond donors (Lipinski definition) is 1. The lowest BCUT2D eigenvalue weighted by Crippen LogP contribution is -2.11. The summed E-state index contributed by atoms with van der Waals surface area (Å²) in [6.07, 6.45) is 2.56. The first-order valence-electron chi connectivity index (χ1n) is 6.68. The quantitative estimate of drug-likeness (QED) is 0.917. The third-order valence-corrected chi connectivity index (χ3v) is 3.41. The van der Waals surface area contributed by atoms with Gasteiger partial charge in [-0.1, -0.05) is 38.1 Å². The summed E-state index contributed by atoms with van der Waals surface area (Å²) in [4.78, 5) is 0. The number of nitrogens with two attached hydrogens (primary N) is 1. The van der Waals surface area contributed by atoms with Gasteiger partial charge in [-0.05, 0) is 42.5 Å². The topological polar surface area (TPSA) is 52.0 Å². The summed E-state index contributed by atoms with van der Waals surface area (Å²) >= 11 is 0. The van der Waals surface area contributed by atoms with Crippen LogP contribution < -0.4 is 5.73 Å². The van der Waals surface area contributed by atoms with Crippen molar-refractivity contribution >= 4 is 0 Å². The van der Waals surface area contributed by atoms with Gasteiger partial charge in [0.15, 0.2) is 5.76 Å². The summed E-state index contributed by atoms with van der Waals surface area (Å²) in [6.45, 7) is 9.33. The summed E-state index contributed by atoms with van der Waals surface area (Å²) < 4.78 is 5.45. The molecule has 0 aliphatic rings. The maximum absolute atomic E-state index is 5.63. The van der Waals surface area contributed by atoms with Crippen molar-refractivity contribution < 1.29 is 4.52 Å². The van der Waals surface area contributed by atoms with E-state index < -0.39 is 0 Å². The summed E-state index contributed by atoms with van der Waals surface area (Å²) in [5.41, 5.74) is 10.4. The molecule has 3 heteroatoms. The van der Waals surface area contributed by atoms with Gasteiger partial charge in [0.05, 0.1) is 6.20 Å². The van der Waals surface area contributed by atoms with Crippen LogP contribution in [0.1, 0.15) is 37.5 Å². The van der Waals surface area contributed by atoms with E-state index in [4.69, 9.17) is 10.3 Å². The van der Waals surface area contributed by atoms with E-state index in [9.17, 15) is 0 Å². The highest BCUT2D eigenvalue weighted by Gasteiger charge is 2.18. The highest BCUT2D eigenvalue weighted by Crippen LogP contribution is 2.32. The molecule has 0 aliphatic carbocycles. The number of aryl methyl sites for hydroxylation is 1. The van der Waals surface area contributed by atoms with Crippen LogP contribution in [-0.4, -0.2) is 11.7 Å². The molecule has 1 aromatic carbocycles. The lowest BCUT2D eigenvalue weighted by molar-refractivity contribution is 0.431. The zero-order valence-corrected chi connectivity index (χ0v) is 12.2. The fraction of sp³-hybridized carbons (Fsp3) is 0.438. The van der Waals surface area contributed by atoms with Crippen molar-refractivity contribution in [2.75, 3.05) is 6.54 Å². The molecule has 2 N–H and O–H groups in total. The zero-order chi connectivity index (χ0) is 14.0. The highest BCUT2D eigenvalue weighted by molar-refractivity contribution is 5.66. The summed E-state index contributed by atoms with van der Waals surface area (Å²) in [5.74, 6) is 0.856. The Labute approximate surface area is 114 Å². The van der Waals surface area contributed by atoms with E-state index in [0.29, 0.717) is 6.54 Å². The predicted octanol–water partition coefficient (Wildman–Crippen LogP) is 3.45. The summed E-state index contributed by atoms with van der Waals surface area (Å²) in [7, 11) is 0. The molecule has 0 amide bonds. The molecule has 0 fully saturated rings. The lowest BCUT2D eigenvalue weighted by Gasteiger charge is -2.20. The number of rotatable bonds is 3. The van der Waals surface area contributed by atoms with E-state index in [1.165, 1.54) is 11.1 Å². The molecule has 1 heterocycles.